The van der Waals surface area contributed by atoms with Crippen LogP contribution in [0, 0.1) is 5.92 Å². The van der Waals surface area contributed by atoms with Crippen molar-refractivity contribution in [2.24, 2.45) is 11.7 Å². The molecular weight excluding hydrogens is 226 g/mol. The quantitative estimate of drug-likeness (QED) is 0.808. The molecule has 3 nitrogen and oxygen atoms in total. The maximum atomic E-state index is 6.17. The second-order valence-electron chi connectivity index (χ2n) is 5.17. The van der Waals surface area contributed by atoms with Crippen LogP contribution in [0.2, 0.25) is 0 Å². The zero-order valence-corrected chi connectivity index (χ0v) is 11.3. The number of hydrogen-bond donors (Lipinski definition) is 1. The van der Waals surface area contributed by atoms with Crippen LogP contribution in [0.15, 0.2) is 18.2 Å². The Labute approximate surface area is 109 Å². The summed E-state index contributed by atoms with van der Waals surface area (Å²) in [4.78, 5) is 0. The van der Waals surface area contributed by atoms with E-state index in [4.69, 9.17) is 15.2 Å². The Bertz CT molecular complexity index is 388. The number of ether oxygens (including phenoxy) is 2. The minimum absolute atomic E-state index is 0.253. The number of methoxy groups -OCH3 is 2. The first-order chi connectivity index (χ1) is 8.72. The summed E-state index contributed by atoms with van der Waals surface area (Å²) in [6.07, 6.45) is 6.13. The fourth-order valence-corrected chi connectivity index (χ4v) is 2.27. The summed E-state index contributed by atoms with van der Waals surface area (Å²) in [6.45, 7) is 0. The van der Waals surface area contributed by atoms with Crippen molar-refractivity contribution < 1.29 is 9.47 Å². The van der Waals surface area contributed by atoms with Gasteiger partial charge in [0.25, 0.3) is 0 Å². The van der Waals surface area contributed by atoms with E-state index in [1.807, 2.05) is 12.1 Å². The van der Waals surface area contributed by atoms with Gasteiger partial charge >= 0.3 is 0 Å². The molecule has 0 radical (unpaired) electrons. The Hall–Kier alpha value is -1.22. The normalized spacial score (nSPS) is 16.4. The van der Waals surface area contributed by atoms with Gasteiger partial charge in [0.15, 0.2) is 11.5 Å². The lowest BCUT2D eigenvalue weighted by Gasteiger charge is -2.13. The maximum Gasteiger partial charge on any atom is 0.160 e. The molecule has 0 amide bonds. The third-order valence-corrected chi connectivity index (χ3v) is 3.59. The van der Waals surface area contributed by atoms with Gasteiger partial charge in [-0.05, 0) is 42.9 Å². The zero-order chi connectivity index (χ0) is 13.0. The van der Waals surface area contributed by atoms with E-state index in [-0.39, 0.29) is 6.04 Å². The Balaban J connectivity index is 1.90. The van der Waals surface area contributed by atoms with Crippen molar-refractivity contribution in [3.63, 3.8) is 0 Å². The Kier molecular flexibility index (Phi) is 4.48. The molecule has 0 aliphatic heterocycles. The first-order valence-electron chi connectivity index (χ1n) is 6.69. The summed E-state index contributed by atoms with van der Waals surface area (Å²) in [5.74, 6) is 2.51. The van der Waals surface area contributed by atoms with Gasteiger partial charge in [-0.25, -0.2) is 0 Å². The van der Waals surface area contributed by atoms with Crippen molar-refractivity contribution >= 4 is 0 Å². The molecule has 2 N–H and O–H groups in total. The maximum absolute atomic E-state index is 6.17. The molecule has 1 atom stereocenters. The fourth-order valence-electron chi connectivity index (χ4n) is 2.27. The molecule has 1 aliphatic rings. The van der Waals surface area contributed by atoms with Gasteiger partial charge in [0, 0.05) is 6.04 Å². The molecule has 18 heavy (non-hydrogen) atoms. The van der Waals surface area contributed by atoms with E-state index in [2.05, 4.69) is 6.07 Å². The summed E-state index contributed by atoms with van der Waals surface area (Å²) < 4.78 is 10.5. The van der Waals surface area contributed by atoms with Crippen LogP contribution in [0.3, 0.4) is 0 Å². The number of benzene rings is 1. The van der Waals surface area contributed by atoms with Crippen LogP contribution in [0.25, 0.3) is 0 Å². The first-order valence-corrected chi connectivity index (χ1v) is 6.69. The molecule has 0 saturated heterocycles. The average molecular weight is 249 g/mol. The van der Waals surface area contributed by atoms with E-state index in [0.29, 0.717) is 0 Å². The molecule has 0 spiro atoms. The second-order valence-corrected chi connectivity index (χ2v) is 5.17. The molecule has 1 saturated carbocycles. The third kappa shape index (κ3) is 3.64. The highest BCUT2D eigenvalue weighted by molar-refractivity contribution is 5.43. The number of hydrogen-bond acceptors (Lipinski definition) is 3. The highest BCUT2D eigenvalue weighted by Gasteiger charge is 2.21. The predicted octanol–water partition coefficient (Wildman–Crippen LogP) is 2.76. The van der Waals surface area contributed by atoms with Gasteiger partial charge in [-0.1, -0.05) is 18.9 Å². The molecule has 3 heteroatoms. The predicted molar refractivity (Wildman–Crippen MR) is 73.2 cm³/mol. The molecule has 0 heterocycles. The lowest BCUT2D eigenvalue weighted by atomic mass is 10.0. The van der Waals surface area contributed by atoms with Crippen molar-refractivity contribution in [1.82, 2.24) is 0 Å². The minimum atomic E-state index is 0.253. The van der Waals surface area contributed by atoms with Gasteiger partial charge in [-0.15, -0.1) is 0 Å². The SMILES string of the molecule is COc1ccc(CC(N)CCC2CC2)cc1OC. The summed E-state index contributed by atoms with van der Waals surface area (Å²) in [5, 5.41) is 0. The topological polar surface area (TPSA) is 44.5 Å². The van der Waals surface area contributed by atoms with Gasteiger partial charge in [-0.3, -0.25) is 0 Å². The largest absolute Gasteiger partial charge is 0.493 e. The number of nitrogens with two attached hydrogens (primary N) is 1. The van der Waals surface area contributed by atoms with E-state index in [1.165, 1.54) is 24.8 Å². The van der Waals surface area contributed by atoms with Gasteiger partial charge < -0.3 is 15.2 Å². The van der Waals surface area contributed by atoms with Crippen molar-refractivity contribution in [2.45, 2.75) is 38.1 Å². The molecule has 1 unspecified atom stereocenters. The summed E-state index contributed by atoms with van der Waals surface area (Å²) in [6, 6.07) is 6.29. The molecule has 1 fully saturated rings. The Morgan fingerprint density at radius 2 is 1.94 bits per heavy atom. The van der Waals surface area contributed by atoms with Crippen LogP contribution in [-0.4, -0.2) is 20.3 Å². The molecule has 1 aromatic rings. The molecule has 1 aliphatic carbocycles. The monoisotopic (exact) mass is 249 g/mol. The van der Waals surface area contributed by atoms with Crippen LogP contribution in [0.1, 0.15) is 31.2 Å². The zero-order valence-electron chi connectivity index (χ0n) is 11.3. The smallest absolute Gasteiger partial charge is 0.160 e. The van der Waals surface area contributed by atoms with E-state index in [9.17, 15) is 0 Å². The van der Waals surface area contributed by atoms with Gasteiger partial charge in [0.2, 0.25) is 0 Å². The Morgan fingerprint density at radius 3 is 2.56 bits per heavy atom. The van der Waals surface area contributed by atoms with Crippen molar-refractivity contribution in [1.29, 1.82) is 0 Å². The van der Waals surface area contributed by atoms with Crippen LogP contribution < -0.4 is 15.2 Å². The minimum Gasteiger partial charge on any atom is -0.493 e. The lowest BCUT2D eigenvalue weighted by Crippen LogP contribution is -2.22. The third-order valence-electron chi connectivity index (χ3n) is 3.59. The standard InChI is InChI=1S/C15H23NO2/c1-17-14-8-6-12(10-15(14)18-2)9-13(16)7-5-11-3-4-11/h6,8,10-11,13H,3-5,7,9,16H2,1-2H3. The van der Waals surface area contributed by atoms with Crippen LogP contribution in [0.4, 0.5) is 0 Å². The lowest BCUT2D eigenvalue weighted by molar-refractivity contribution is 0.354. The molecular formula is C15H23NO2. The van der Waals surface area contributed by atoms with E-state index < -0.39 is 0 Å². The molecule has 100 valence electrons. The van der Waals surface area contributed by atoms with Gasteiger partial charge in [-0.2, -0.15) is 0 Å². The van der Waals surface area contributed by atoms with Crippen LogP contribution in [-0.2, 0) is 6.42 Å². The summed E-state index contributed by atoms with van der Waals surface area (Å²) in [5.41, 5.74) is 7.39. The van der Waals surface area contributed by atoms with Crippen LogP contribution >= 0.6 is 0 Å². The van der Waals surface area contributed by atoms with Crippen molar-refractivity contribution in [3.8, 4) is 11.5 Å². The summed E-state index contributed by atoms with van der Waals surface area (Å²) >= 11 is 0. The fraction of sp³-hybridized carbons (Fsp3) is 0.600. The van der Waals surface area contributed by atoms with Crippen LogP contribution in [0.5, 0.6) is 11.5 Å². The second kappa shape index (κ2) is 6.10. The van der Waals surface area contributed by atoms with Crippen molar-refractivity contribution in [2.75, 3.05) is 14.2 Å². The molecule has 2 rings (SSSR count). The molecule has 1 aromatic carbocycles. The Morgan fingerprint density at radius 1 is 1.22 bits per heavy atom. The average Bonchev–Trinajstić information content (AvgIpc) is 3.20. The van der Waals surface area contributed by atoms with E-state index >= 15 is 0 Å². The first kappa shape index (κ1) is 13.2. The van der Waals surface area contributed by atoms with E-state index in [1.54, 1.807) is 14.2 Å². The highest BCUT2D eigenvalue weighted by Crippen LogP contribution is 2.34. The van der Waals surface area contributed by atoms with Gasteiger partial charge in [0.05, 0.1) is 14.2 Å². The van der Waals surface area contributed by atoms with Crippen molar-refractivity contribution in [3.05, 3.63) is 23.8 Å². The molecule has 0 aromatic heterocycles. The van der Waals surface area contributed by atoms with Gasteiger partial charge in [0.1, 0.15) is 0 Å². The summed E-state index contributed by atoms with van der Waals surface area (Å²) in [7, 11) is 3.31. The number of rotatable bonds is 7. The highest BCUT2D eigenvalue weighted by atomic mass is 16.5. The van der Waals surface area contributed by atoms with E-state index in [0.717, 1.165) is 30.3 Å². The molecule has 0 bridgehead atoms.